The van der Waals surface area contributed by atoms with Crippen molar-refractivity contribution in [1.29, 1.82) is 0 Å². The van der Waals surface area contributed by atoms with Gasteiger partial charge in [0.05, 0.1) is 12.2 Å². The topological polar surface area (TPSA) is 50.4 Å². The van der Waals surface area contributed by atoms with E-state index >= 15 is 0 Å². The highest BCUT2D eigenvalue weighted by Crippen LogP contribution is 2.37. The van der Waals surface area contributed by atoms with E-state index in [4.69, 9.17) is 17.0 Å². The largest absolute Gasteiger partial charge is 0.493 e. The number of halogens is 1. The maximum atomic E-state index is 12.8. The lowest BCUT2D eigenvalue weighted by Gasteiger charge is -2.37. The van der Waals surface area contributed by atoms with Gasteiger partial charge in [0.1, 0.15) is 5.75 Å². The number of hydrogen-bond donors (Lipinski definition) is 2. The molecule has 0 bridgehead atoms. The zero-order valence-corrected chi connectivity index (χ0v) is 20.7. The van der Waals surface area contributed by atoms with Crippen LogP contribution in [0, 0.1) is 17.3 Å². The summed E-state index contributed by atoms with van der Waals surface area (Å²) in [6.45, 7) is 11.8. The van der Waals surface area contributed by atoms with E-state index in [-0.39, 0.29) is 5.91 Å². The van der Waals surface area contributed by atoms with E-state index in [0.717, 1.165) is 29.7 Å². The first kappa shape index (κ1) is 24.1. The first-order chi connectivity index (χ1) is 13.6. The highest BCUT2D eigenvalue weighted by Gasteiger charge is 2.30. The van der Waals surface area contributed by atoms with Gasteiger partial charge in [-0.3, -0.25) is 10.1 Å². The number of carbonyl (C=O) groups is 1. The lowest BCUT2D eigenvalue weighted by molar-refractivity contribution is 0.0971. The normalized spacial score (nSPS) is 19.7. The van der Waals surface area contributed by atoms with Gasteiger partial charge in [-0.1, -0.05) is 50.5 Å². The van der Waals surface area contributed by atoms with Gasteiger partial charge in [-0.15, -0.1) is 0 Å². The van der Waals surface area contributed by atoms with E-state index in [9.17, 15) is 4.79 Å². The smallest absolute Gasteiger partial charge is 0.261 e. The Bertz CT molecular complexity index is 707. The first-order valence-electron chi connectivity index (χ1n) is 10.6. The molecule has 29 heavy (non-hydrogen) atoms. The van der Waals surface area contributed by atoms with Crippen molar-refractivity contribution < 1.29 is 9.53 Å². The van der Waals surface area contributed by atoms with E-state index in [1.165, 1.54) is 12.8 Å². The highest BCUT2D eigenvalue weighted by atomic mass is 79.9. The van der Waals surface area contributed by atoms with Gasteiger partial charge in [0, 0.05) is 10.5 Å². The Balaban J connectivity index is 1.91. The number of rotatable bonds is 6. The fourth-order valence-electron chi connectivity index (χ4n) is 3.71. The average Bonchev–Trinajstić information content (AvgIpc) is 2.62. The van der Waals surface area contributed by atoms with Crippen LogP contribution >= 0.6 is 28.1 Å². The molecule has 6 heteroatoms. The molecule has 1 aromatic rings. The predicted octanol–water partition coefficient (Wildman–Crippen LogP) is 6.08. The van der Waals surface area contributed by atoms with Gasteiger partial charge >= 0.3 is 0 Å². The summed E-state index contributed by atoms with van der Waals surface area (Å²) in [5.74, 6) is 1.63. The number of benzene rings is 1. The maximum absolute atomic E-state index is 12.8. The molecule has 1 fully saturated rings. The summed E-state index contributed by atoms with van der Waals surface area (Å²) < 4.78 is 6.69. The van der Waals surface area contributed by atoms with E-state index in [0.29, 0.717) is 40.4 Å². The molecule has 0 atom stereocenters. The molecule has 4 nitrogen and oxygen atoms in total. The lowest BCUT2D eigenvalue weighted by atomic mass is 9.71. The van der Waals surface area contributed by atoms with Crippen molar-refractivity contribution in [2.24, 2.45) is 17.3 Å². The van der Waals surface area contributed by atoms with Gasteiger partial charge in [-0.25, -0.2) is 0 Å². The highest BCUT2D eigenvalue weighted by molar-refractivity contribution is 9.10. The fraction of sp³-hybridized carbons (Fsp3) is 0.652. The van der Waals surface area contributed by atoms with Gasteiger partial charge in [0.15, 0.2) is 5.11 Å². The molecule has 0 saturated heterocycles. The number of carbonyl (C=O) groups excluding carboxylic acids is 1. The van der Waals surface area contributed by atoms with Crippen LogP contribution < -0.4 is 15.4 Å². The lowest BCUT2D eigenvalue weighted by Crippen LogP contribution is -2.46. The second-order valence-electron chi connectivity index (χ2n) is 9.51. The Kier molecular flexibility index (Phi) is 8.95. The van der Waals surface area contributed by atoms with E-state index in [2.05, 4.69) is 61.2 Å². The number of amides is 1. The van der Waals surface area contributed by atoms with Crippen LogP contribution in [0.15, 0.2) is 22.7 Å². The van der Waals surface area contributed by atoms with Crippen molar-refractivity contribution in [3.63, 3.8) is 0 Å². The van der Waals surface area contributed by atoms with Crippen molar-refractivity contribution in [2.45, 2.75) is 72.8 Å². The Hall–Kier alpha value is -1.14. The summed E-state index contributed by atoms with van der Waals surface area (Å²) in [7, 11) is 0. The molecule has 0 aromatic heterocycles. The van der Waals surface area contributed by atoms with E-state index in [1.807, 2.05) is 12.1 Å². The van der Waals surface area contributed by atoms with Crippen LogP contribution in [0.3, 0.4) is 0 Å². The standard InChI is InChI=1S/C23H35BrN2O2S/c1-15(2)12-13-28-20-11-8-17(24)14-19(20)21(27)26-22(29)25-18-9-6-16(7-10-18)23(3,4)5/h8,11,14-16,18H,6-7,9-10,12-13H2,1-5H3,(H2,25,26,27,29). The first-order valence-corrected chi connectivity index (χ1v) is 11.8. The molecule has 162 valence electrons. The number of hydrogen-bond acceptors (Lipinski definition) is 3. The van der Waals surface area contributed by atoms with Crippen molar-refractivity contribution in [2.75, 3.05) is 6.61 Å². The number of thiocarbonyl (C=S) groups is 1. The van der Waals surface area contributed by atoms with Crippen LogP contribution in [0.4, 0.5) is 0 Å². The van der Waals surface area contributed by atoms with Crippen molar-refractivity contribution >= 4 is 39.2 Å². The van der Waals surface area contributed by atoms with Crippen molar-refractivity contribution in [3.05, 3.63) is 28.2 Å². The molecule has 1 aliphatic carbocycles. The summed E-state index contributed by atoms with van der Waals surface area (Å²) in [6.07, 6.45) is 5.49. The van der Waals surface area contributed by atoms with Crippen LogP contribution in [-0.2, 0) is 0 Å². The van der Waals surface area contributed by atoms with Gasteiger partial charge in [0.25, 0.3) is 5.91 Å². The molecule has 1 amide bonds. The van der Waals surface area contributed by atoms with E-state index < -0.39 is 0 Å². The second kappa shape index (κ2) is 10.8. The monoisotopic (exact) mass is 482 g/mol. The third kappa shape index (κ3) is 7.89. The summed E-state index contributed by atoms with van der Waals surface area (Å²) >= 11 is 8.86. The molecule has 2 N–H and O–H groups in total. The molecule has 0 heterocycles. The molecule has 0 radical (unpaired) electrons. The summed E-state index contributed by atoms with van der Waals surface area (Å²) in [6, 6.07) is 5.80. The van der Waals surface area contributed by atoms with Gasteiger partial charge in [0.2, 0.25) is 0 Å². The molecule has 0 spiro atoms. The number of nitrogens with one attached hydrogen (secondary N) is 2. The fourth-order valence-corrected chi connectivity index (χ4v) is 4.33. The van der Waals surface area contributed by atoms with Crippen LogP contribution in [0.1, 0.15) is 77.1 Å². The van der Waals surface area contributed by atoms with Crippen LogP contribution in [0.2, 0.25) is 0 Å². The van der Waals surface area contributed by atoms with E-state index in [1.54, 1.807) is 6.07 Å². The molecule has 0 aliphatic heterocycles. The molecule has 1 aromatic carbocycles. The minimum absolute atomic E-state index is 0.244. The molecule has 0 unspecified atom stereocenters. The van der Waals surface area contributed by atoms with Crippen LogP contribution in [-0.4, -0.2) is 23.7 Å². The zero-order chi connectivity index (χ0) is 21.6. The molecular formula is C23H35BrN2O2S. The molecule has 1 aliphatic rings. The maximum Gasteiger partial charge on any atom is 0.261 e. The average molecular weight is 484 g/mol. The number of ether oxygens (including phenoxy) is 1. The third-order valence-corrected chi connectivity index (χ3v) is 6.37. The second-order valence-corrected chi connectivity index (χ2v) is 10.8. The molecule has 2 rings (SSSR count). The Morgan fingerprint density at radius 3 is 2.48 bits per heavy atom. The van der Waals surface area contributed by atoms with Crippen LogP contribution in [0.5, 0.6) is 5.75 Å². The molecular weight excluding hydrogens is 448 g/mol. The minimum Gasteiger partial charge on any atom is -0.493 e. The summed E-state index contributed by atoms with van der Waals surface area (Å²) in [5, 5.41) is 6.55. The Labute approximate surface area is 189 Å². The van der Waals surface area contributed by atoms with Gasteiger partial charge in [-0.05, 0) is 79.8 Å². The minimum atomic E-state index is -0.244. The Morgan fingerprint density at radius 2 is 1.90 bits per heavy atom. The third-order valence-electron chi connectivity index (χ3n) is 5.65. The van der Waals surface area contributed by atoms with Crippen molar-refractivity contribution in [3.8, 4) is 5.75 Å². The Morgan fingerprint density at radius 1 is 1.24 bits per heavy atom. The van der Waals surface area contributed by atoms with Gasteiger partial charge < -0.3 is 10.1 Å². The van der Waals surface area contributed by atoms with Gasteiger partial charge in [-0.2, -0.15) is 0 Å². The summed E-state index contributed by atoms with van der Waals surface area (Å²) in [5.41, 5.74) is 0.843. The quantitative estimate of drug-likeness (QED) is 0.482. The van der Waals surface area contributed by atoms with Crippen LogP contribution in [0.25, 0.3) is 0 Å². The van der Waals surface area contributed by atoms with Crippen molar-refractivity contribution in [1.82, 2.24) is 10.6 Å². The summed E-state index contributed by atoms with van der Waals surface area (Å²) in [4.78, 5) is 12.8. The zero-order valence-electron chi connectivity index (χ0n) is 18.3. The predicted molar refractivity (Wildman–Crippen MR) is 127 cm³/mol. The SMILES string of the molecule is CC(C)CCOc1ccc(Br)cc1C(=O)NC(=S)NC1CCC(C(C)(C)C)CC1. The molecule has 1 saturated carbocycles.